The number of hydrogen-bond donors (Lipinski definition) is 3. The van der Waals surface area contributed by atoms with Crippen molar-refractivity contribution >= 4 is 38.5 Å². The van der Waals surface area contributed by atoms with Crippen molar-refractivity contribution in [2.75, 3.05) is 6.54 Å². The van der Waals surface area contributed by atoms with E-state index in [-0.39, 0.29) is 31.2 Å². The van der Waals surface area contributed by atoms with Crippen LogP contribution in [0.15, 0.2) is 48.7 Å². The first kappa shape index (κ1) is 28.6. The summed E-state index contributed by atoms with van der Waals surface area (Å²) in [5.41, 5.74) is 4.93. The molecule has 5 atom stereocenters. The van der Waals surface area contributed by atoms with Gasteiger partial charge in [-0.3, -0.25) is 19.1 Å². The predicted molar refractivity (Wildman–Crippen MR) is 156 cm³/mol. The Morgan fingerprint density at radius 1 is 1.12 bits per heavy atom. The van der Waals surface area contributed by atoms with Gasteiger partial charge in [0.1, 0.15) is 17.7 Å². The quantitative estimate of drug-likeness (QED) is 0.442. The van der Waals surface area contributed by atoms with Crippen LogP contribution in [0, 0.1) is 5.92 Å². The minimum atomic E-state index is -3.81. The molecular formula is C30H37N5O6S. The van der Waals surface area contributed by atoms with Gasteiger partial charge in [-0.25, -0.2) is 13.4 Å². The number of nitrogens with zero attached hydrogens (tertiary/aromatic N) is 2. The first-order chi connectivity index (χ1) is 20.2. The van der Waals surface area contributed by atoms with Crippen LogP contribution in [-0.2, 0) is 24.4 Å². The van der Waals surface area contributed by atoms with E-state index in [1.54, 1.807) is 6.20 Å². The van der Waals surface area contributed by atoms with E-state index < -0.39 is 50.8 Å². The third-order valence-electron chi connectivity index (χ3n) is 8.80. The maximum absolute atomic E-state index is 13.9. The van der Waals surface area contributed by atoms with Crippen molar-refractivity contribution in [3.63, 3.8) is 0 Å². The van der Waals surface area contributed by atoms with Crippen molar-refractivity contribution in [1.82, 2.24) is 19.9 Å². The summed E-state index contributed by atoms with van der Waals surface area (Å²) in [5, 5.41) is 4.06. The van der Waals surface area contributed by atoms with Gasteiger partial charge in [-0.05, 0) is 56.0 Å². The molecule has 42 heavy (non-hydrogen) atoms. The summed E-state index contributed by atoms with van der Waals surface area (Å²) in [7, 11) is -3.81. The van der Waals surface area contributed by atoms with Crippen LogP contribution in [0.5, 0.6) is 5.88 Å². The Morgan fingerprint density at radius 3 is 2.74 bits per heavy atom. The molecule has 0 unspecified atom stereocenters. The largest absolute Gasteiger partial charge is 0.472 e. The standard InChI is InChI=1S/C30H37N5O6S/c31-24-11-5-3-1-2-4-9-20-17-30(20,29(38)34-42(39,40)22-12-13-22)33-26(36)25-16-21(18-35(25)28(24)37)41-27-23-10-7-6-8-19(23)14-15-32-27/h4,6-10,14-15,20-22,24-25H,1-3,5,11-13,16-18,31H2,(H,33,36)(H,34,38)/b9-4-/t20-,21+,24-,25-,30+/m0/s1. The van der Waals surface area contributed by atoms with E-state index in [1.807, 2.05) is 42.5 Å². The van der Waals surface area contributed by atoms with E-state index in [0.717, 1.165) is 36.5 Å². The molecule has 0 spiro atoms. The number of ether oxygens (including phenoxy) is 1. The zero-order valence-electron chi connectivity index (χ0n) is 23.4. The van der Waals surface area contributed by atoms with Gasteiger partial charge in [0.15, 0.2) is 0 Å². The number of carbonyl (C=O) groups is 3. The molecule has 2 aliphatic heterocycles. The maximum Gasteiger partial charge on any atom is 0.259 e. The Labute approximate surface area is 245 Å². The molecule has 0 radical (unpaired) electrons. The van der Waals surface area contributed by atoms with Crippen LogP contribution < -0.4 is 20.5 Å². The molecule has 6 rings (SSSR count). The fraction of sp³-hybridized carbons (Fsp3) is 0.533. The molecule has 4 aliphatic rings. The molecule has 2 aromatic rings. The molecule has 1 saturated heterocycles. The minimum absolute atomic E-state index is 0.133. The van der Waals surface area contributed by atoms with Crippen molar-refractivity contribution in [3.8, 4) is 5.88 Å². The number of nitrogens with one attached hydrogen (secondary N) is 2. The van der Waals surface area contributed by atoms with Gasteiger partial charge in [0, 0.05) is 23.9 Å². The highest BCUT2D eigenvalue weighted by Crippen LogP contribution is 2.46. The van der Waals surface area contributed by atoms with Gasteiger partial charge >= 0.3 is 0 Å². The van der Waals surface area contributed by atoms with Crippen molar-refractivity contribution in [1.29, 1.82) is 0 Å². The zero-order valence-corrected chi connectivity index (χ0v) is 24.2. The average molecular weight is 596 g/mol. The first-order valence-corrected chi connectivity index (χ1v) is 16.3. The van der Waals surface area contributed by atoms with E-state index in [9.17, 15) is 22.8 Å². The van der Waals surface area contributed by atoms with Gasteiger partial charge in [-0.2, -0.15) is 0 Å². The molecule has 224 valence electrons. The Balaban J connectivity index is 1.27. The van der Waals surface area contributed by atoms with Gasteiger partial charge < -0.3 is 20.7 Å². The molecule has 12 heteroatoms. The van der Waals surface area contributed by atoms with Crippen LogP contribution in [0.25, 0.3) is 10.8 Å². The Hall–Kier alpha value is -3.51. The molecule has 2 aliphatic carbocycles. The number of allylic oxidation sites excluding steroid dienone is 1. The third-order valence-corrected chi connectivity index (χ3v) is 10.6. The highest BCUT2D eigenvalue weighted by atomic mass is 32.2. The fourth-order valence-electron chi connectivity index (χ4n) is 6.09. The number of aromatic nitrogens is 1. The topological polar surface area (TPSA) is 161 Å². The molecule has 3 fully saturated rings. The van der Waals surface area contributed by atoms with E-state index >= 15 is 0 Å². The molecule has 1 aromatic carbocycles. The molecule has 2 saturated carbocycles. The molecule has 3 amide bonds. The van der Waals surface area contributed by atoms with Crippen LogP contribution in [0.4, 0.5) is 0 Å². The first-order valence-electron chi connectivity index (χ1n) is 14.8. The van der Waals surface area contributed by atoms with Gasteiger partial charge in [0.2, 0.25) is 27.7 Å². The molecule has 0 bridgehead atoms. The monoisotopic (exact) mass is 595 g/mol. The summed E-state index contributed by atoms with van der Waals surface area (Å²) in [6.07, 6.45) is 10.3. The predicted octanol–water partition coefficient (Wildman–Crippen LogP) is 1.91. The molecule has 1 aromatic heterocycles. The number of amides is 3. The van der Waals surface area contributed by atoms with E-state index in [0.29, 0.717) is 25.1 Å². The third kappa shape index (κ3) is 5.74. The number of hydrogen-bond acceptors (Lipinski definition) is 8. The summed E-state index contributed by atoms with van der Waals surface area (Å²) in [4.78, 5) is 46.7. The minimum Gasteiger partial charge on any atom is -0.472 e. The van der Waals surface area contributed by atoms with Gasteiger partial charge in [0.05, 0.1) is 17.8 Å². The fourth-order valence-corrected chi connectivity index (χ4v) is 7.45. The number of fused-ring (bicyclic) bond motifs is 3. The van der Waals surface area contributed by atoms with Crippen molar-refractivity contribution in [2.45, 2.75) is 86.8 Å². The Morgan fingerprint density at radius 2 is 1.93 bits per heavy atom. The zero-order chi connectivity index (χ0) is 29.5. The summed E-state index contributed by atoms with van der Waals surface area (Å²) < 4.78 is 33.7. The van der Waals surface area contributed by atoms with Crippen LogP contribution >= 0.6 is 0 Å². The SMILES string of the molecule is N[C@H]1CCCCC/C=C\[C@H]2C[C@@]2(C(=O)NS(=O)(=O)C2CC2)NC(=O)[C@@H]2C[C@@H](Oc3nccc4ccccc34)CN2C1=O. The lowest BCUT2D eigenvalue weighted by molar-refractivity contribution is -0.140. The van der Waals surface area contributed by atoms with Gasteiger partial charge in [-0.15, -0.1) is 0 Å². The summed E-state index contributed by atoms with van der Waals surface area (Å²) >= 11 is 0. The van der Waals surface area contributed by atoms with Crippen molar-refractivity contribution < 1.29 is 27.5 Å². The van der Waals surface area contributed by atoms with E-state index in [4.69, 9.17) is 10.5 Å². The number of carbonyl (C=O) groups excluding carboxylic acids is 3. The smallest absolute Gasteiger partial charge is 0.259 e. The lowest BCUT2D eigenvalue weighted by Gasteiger charge is -2.28. The maximum atomic E-state index is 13.9. The second kappa shape index (κ2) is 11.3. The lowest BCUT2D eigenvalue weighted by Crippen LogP contribution is -2.57. The van der Waals surface area contributed by atoms with Gasteiger partial charge in [0.25, 0.3) is 5.91 Å². The summed E-state index contributed by atoms with van der Waals surface area (Å²) in [5.74, 6) is -1.55. The Bertz CT molecular complexity index is 1520. The summed E-state index contributed by atoms with van der Waals surface area (Å²) in [6.45, 7) is 0.133. The molecule has 3 heterocycles. The molecule has 4 N–H and O–H groups in total. The Kier molecular flexibility index (Phi) is 7.69. The number of benzene rings is 1. The van der Waals surface area contributed by atoms with E-state index in [2.05, 4.69) is 15.0 Å². The van der Waals surface area contributed by atoms with Crippen LogP contribution in [0.2, 0.25) is 0 Å². The number of pyridine rings is 1. The second-order valence-electron chi connectivity index (χ2n) is 11.9. The van der Waals surface area contributed by atoms with Crippen molar-refractivity contribution in [3.05, 3.63) is 48.7 Å². The van der Waals surface area contributed by atoms with Crippen LogP contribution in [0.1, 0.15) is 57.8 Å². The average Bonchev–Trinajstić information content (AvgIpc) is 3.89. The van der Waals surface area contributed by atoms with Gasteiger partial charge in [-0.1, -0.05) is 43.2 Å². The van der Waals surface area contributed by atoms with E-state index in [1.165, 1.54) is 4.90 Å². The highest BCUT2D eigenvalue weighted by Gasteiger charge is 2.62. The lowest BCUT2D eigenvalue weighted by atomic mass is 10.1. The normalized spacial score (nSPS) is 31.2. The molecular weight excluding hydrogens is 558 g/mol. The van der Waals surface area contributed by atoms with Crippen LogP contribution in [-0.4, -0.2) is 71.5 Å². The second-order valence-corrected chi connectivity index (χ2v) is 13.9. The summed E-state index contributed by atoms with van der Waals surface area (Å²) in [6, 6.07) is 7.83. The number of rotatable bonds is 5. The molecule has 11 nitrogen and oxygen atoms in total. The van der Waals surface area contributed by atoms with Crippen molar-refractivity contribution in [2.24, 2.45) is 11.7 Å². The van der Waals surface area contributed by atoms with Crippen LogP contribution in [0.3, 0.4) is 0 Å². The number of sulfonamides is 1. The number of nitrogens with two attached hydrogens (primary N) is 1. The highest BCUT2D eigenvalue weighted by molar-refractivity contribution is 7.91.